The smallest absolute Gasteiger partial charge is 0.325 e. The minimum Gasteiger partial charge on any atom is -0.480 e. The van der Waals surface area contributed by atoms with E-state index in [0.29, 0.717) is 11.3 Å². The van der Waals surface area contributed by atoms with Gasteiger partial charge in [0.1, 0.15) is 6.04 Å². The van der Waals surface area contributed by atoms with Crippen molar-refractivity contribution in [2.24, 2.45) is 34.5 Å². The van der Waals surface area contributed by atoms with Gasteiger partial charge in [-0.2, -0.15) is 0 Å². The first kappa shape index (κ1) is 19.0. The summed E-state index contributed by atoms with van der Waals surface area (Å²) in [6.45, 7) is 6.38. The standard InChI is InChI=1S/C23H35NO3/c1-14(21(26)27)24-20(25)19-10-9-17-16-8-7-15-6-4-5-12-22(15,2)18(16)11-13-23(17,19)3/h10,14-18H,4-9,11-13H2,1-3H3,(H,24,25)(H,26,27)/t14-,15+,16-,17-,18-,22-,23-/m0/s1. The van der Waals surface area contributed by atoms with Gasteiger partial charge in [-0.15, -0.1) is 0 Å². The van der Waals surface area contributed by atoms with Crippen LogP contribution in [-0.2, 0) is 9.59 Å². The Balaban J connectivity index is 1.54. The highest BCUT2D eigenvalue weighted by molar-refractivity contribution is 5.97. The molecular weight excluding hydrogens is 338 g/mol. The summed E-state index contributed by atoms with van der Waals surface area (Å²) in [5, 5.41) is 11.8. The topological polar surface area (TPSA) is 66.4 Å². The summed E-state index contributed by atoms with van der Waals surface area (Å²) in [7, 11) is 0. The summed E-state index contributed by atoms with van der Waals surface area (Å²) >= 11 is 0. The van der Waals surface area contributed by atoms with Gasteiger partial charge in [-0.05, 0) is 81.0 Å². The molecule has 27 heavy (non-hydrogen) atoms. The predicted octanol–water partition coefficient (Wildman–Crippen LogP) is 4.54. The lowest BCUT2D eigenvalue weighted by molar-refractivity contribution is -0.141. The zero-order chi connectivity index (χ0) is 19.4. The lowest BCUT2D eigenvalue weighted by atomic mass is 9.45. The van der Waals surface area contributed by atoms with E-state index in [2.05, 4.69) is 25.2 Å². The van der Waals surface area contributed by atoms with Gasteiger partial charge in [-0.25, -0.2) is 0 Å². The van der Waals surface area contributed by atoms with Crippen molar-refractivity contribution in [2.75, 3.05) is 0 Å². The van der Waals surface area contributed by atoms with Crippen LogP contribution in [0.2, 0.25) is 0 Å². The molecule has 7 atom stereocenters. The molecule has 0 aromatic rings. The molecule has 0 unspecified atom stereocenters. The number of amides is 1. The van der Waals surface area contributed by atoms with Crippen LogP contribution < -0.4 is 5.32 Å². The van der Waals surface area contributed by atoms with E-state index in [4.69, 9.17) is 5.11 Å². The van der Waals surface area contributed by atoms with Crippen LogP contribution in [0.5, 0.6) is 0 Å². The second-order valence-corrected chi connectivity index (χ2v) is 10.2. The van der Waals surface area contributed by atoms with Gasteiger partial charge in [0, 0.05) is 11.0 Å². The van der Waals surface area contributed by atoms with E-state index in [9.17, 15) is 9.59 Å². The number of carboxylic acids is 1. The zero-order valence-electron chi connectivity index (χ0n) is 17.1. The Hall–Kier alpha value is -1.32. The molecule has 0 aromatic carbocycles. The molecule has 0 aromatic heterocycles. The van der Waals surface area contributed by atoms with Crippen molar-refractivity contribution < 1.29 is 14.7 Å². The highest BCUT2D eigenvalue weighted by Crippen LogP contribution is 2.66. The van der Waals surface area contributed by atoms with Gasteiger partial charge < -0.3 is 10.4 Å². The van der Waals surface area contributed by atoms with Gasteiger partial charge in [0.2, 0.25) is 5.91 Å². The molecule has 4 rings (SSSR count). The molecule has 2 N–H and O–H groups in total. The van der Waals surface area contributed by atoms with Crippen LogP contribution in [-0.4, -0.2) is 23.0 Å². The average molecular weight is 374 g/mol. The molecule has 4 nitrogen and oxygen atoms in total. The Kier molecular flexibility index (Phi) is 4.67. The van der Waals surface area contributed by atoms with E-state index < -0.39 is 12.0 Å². The maximum absolute atomic E-state index is 12.8. The Labute approximate surface area is 163 Å². The number of aliphatic carboxylic acids is 1. The Morgan fingerprint density at radius 3 is 2.63 bits per heavy atom. The average Bonchev–Trinajstić information content (AvgIpc) is 2.98. The monoisotopic (exact) mass is 373 g/mol. The largest absolute Gasteiger partial charge is 0.480 e. The first-order chi connectivity index (χ1) is 12.8. The van der Waals surface area contributed by atoms with Crippen LogP contribution in [0.4, 0.5) is 0 Å². The summed E-state index contributed by atoms with van der Waals surface area (Å²) in [6.07, 6.45) is 13.7. The van der Waals surface area contributed by atoms with E-state index in [1.54, 1.807) is 0 Å². The summed E-state index contributed by atoms with van der Waals surface area (Å²) < 4.78 is 0. The van der Waals surface area contributed by atoms with E-state index in [1.165, 1.54) is 51.9 Å². The van der Waals surface area contributed by atoms with Crippen molar-refractivity contribution in [3.63, 3.8) is 0 Å². The van der Waals surface area contributed by atoms with Crippen LogP contribution in [0, 0.1) is 34.5 Å². The number of nitrogens with one attached hydrogen (secondary N) is 1. The quantitative estimate of drug-likeness (QED) is 0.763. The van der Waals surface area contributed by atoms with Crippen LogP contribution in [0.1, 0.15) is 78.6 Å². The number of carboxylic acid groups (broad SMARTS) is 1. The molecule has 4 aliphatic carbocycles. The second-order valence-electron chi connectivity index (χ2n) is 10.2. The fourth-order valence-corrected chi connectivity index (χ4v) is 7.55. The molecule has 0 radical (unpaired) electrons. The van der Waals surface area contributed by atoms with Crippen molar-refractivity contribution in [3.05, 3.63) is 11.6 Å². The first-order valence-corrected chi connectivity index (χ1v) is 11.0. The van der Waals surface area contributed by atoms with Crippen molar-refractivity contribution >= 4 is 11.9 Å². The molecule has 0 bridgehead atoms. The maximum Gasteiger partial charge on any atom is 0.325 e. The van der Waals surface area contributed by atoms with E-state index in [-0.39, 0.29) is 11.3 Å². The van der Waals surface area contributed by atoms with Gasteiger partial charge in [0.05, 0.1) is 0 Å². The lowest BCUT2D eigenvalue weighted by Gasteiger charge is -2.60. The van der Waals surface area contributed by atoms with Gasteiger partial charge in [0.15, 0.2) is 0 Å². The summed E-state index contributed by atoms with van der Waals surface area (Å²) in [5.74, 6) is 1.86. The molecule has 0 heterocycles. The Morgan fingerprint density at radius 2 is 1.89 bits per heavy atom. The molecule has 4 heteroatoms. The number of fused-ring (bicyclic) bond motifs is 5. The highest BCUT2D eigenvalue weighted by Gasteiger charge is 2.58. The van der Waals surface area contributed by atoms with Crippen LogP contribution in [0.25, 0.3) is 0 Å². The van der Waals surface area contributed by atoms with Crippen molar-refractivity contribution in [3.8, 4) is 0 Å². The van der Waals surface area contributed by atoms with E-state index in [1.807, 2.05) is 0 Å². The van der Waals surface area contributed by atoms with Crippen LogP contribution >= 0.6 is 0 Å². The van der Waals surface area contributed by atoms with E-state index >= 15 is 0 Å². The number of hydrogen-bond acceptors (Lipinski definition) is 2. The summed E-state index contributed by atoms with van der Waals surface area (Å²) in [4.78, 5) is 24.0. The molecular formula is C23H35NO3. The third-order valence-electron chi connectivity index (χ3n) is 9.13. The maximum atomic E-state index is 12.8. The number of carbonyl (C=O) groups is 2. The number of carbonyl (C=O) groups excluding carboxylic acids is 1. The lowest BCUT2D eigenvalue weighted by Crippen LogP contribution is -2.53. The molecule has 4 aliphatic rings. The number of hydrogen-bond donors (Lipinski definition) is 2. The predicted molar refractivity (Wildman–Crippen MR) is 105 cm³/mol. The third-order valence-corrected chi connectivity index (χ3v) is 9.13. The molecule has 1 amide bonds. The summed E-state index contributed by atoms with van der Waals surface area (Å²) in [5.41, 5.74) is 1.28. The van der Waals surface area contributed by atoms with Gasteiger partial charge in [-0.3, -0.25) is 9.59 Å². The fourth-order valence-electron chi connectivity index (χ4n) is 7.55. The SMILES string of the molecule is C[C@H](NC(=O)C1=CC[C@H]2[C@@H]3CC[C@H]4CCCC[C@]4(C)[C@H]3CC[C@]12C)C(=O)O. The number of rotatable bonds is 3. The van der Waals surface area contributed by atoms with Crippen molar-refractivity contribution in [2.45, 2.75) is 84.6 Å². The second kappa shape index (κ2) is 6.63. The fraction of sp³-hybridized carbons (Fsp3) is 0.826. The third kappa shape index (κ3) is 2.86. The number of allylic oxidation sites excluding steroid dienone is 1. The minimum atomic E-state index is -0.976. The van der Waals surface area contributed by atoms with Crippen LogP contribution in [0.3, 0.4) is 0 Å². The van der Waals surface area contributed by atoms with Crippen molar-refractivity contribution in [1.82, 2.24) is 5.32 Å². The van der Waals surface area contributed by atoms with Gasteiger partial charge in [-0.1, -0.05) is 32.8 Å². The minimum absolute atomic E-state index is 0.0820. The molecule has 3 saturated carbocycles. The molecule has 0 spiro atoms. The normalized spacial score (nSPS) is 44.3. The Bertz CT molecular complexity index is 671. The van der Waals surface area contributed by atoms with Crippen LogP contribution in [0.15, 0.2) is 11.6 Å². The molecule has 3 fully saturated rings. The molecule has 0 aliphatic heterocycles. The molecule has 0 saturated heterocycles. The van der Waals surface area contributed by atoms with Gasteiger partial charge >= 0.3 is 5.97 Å². The van der Waals surface area contributed by atoms with Gasteiger partial charge in [0.25, 0.3) is 0 Å². The zero-order valence-corrected chi connectivity index (χ0v) is 17.1. The Morgan fingerprint density at radius 1 is 1.11 bits per heavy atom. The molecule has 150 valence electrons. The van der Waals surface area contributed by atoms with E-state index in [0.717, 1.165) is 36.2 Å². The first-order valence-electron chi connectivity index (χ1n) is 11.0. The van der Waals surface area contributed by atoms with Crippen molar-refractivity contribution in [1.29, 1.82) is 0 Å². The summed E-state index contributed by atoms with van der Waals surface area (Å²) in [6, 6.07) is -0.839. The highest BCUT2D eigenvalue weighted by atomic mass is 16.4.